The summed E-state index contributed by atoms with van der Waals surface area (Å²) in [5.41, 5.74) is 1.91. The summed E-state index contributed by atoms with van der Waals surface area (Å²) in [4.78, 5) is 28.7. The molecule has 1 amide bonds. The maximum absolute atomic E-state index is 13.7. The lowest BCUT2D eigenvalue weighted by Gasteiger charge is -2.48. The molecule has 3 heterocycles. The maximum atomic E-state index is 13.7. The van der Waals surface area contributed by atoms with E-state index in [1.807, 2.05) is 24.3 Å². The van der Waals surface area contributed by atoms with Crippen LogP contribution in [0.4, 0.5) is 16.0 Å². The number of carbonyl (C=O) groups excluding carboxylic acids is 1. The third-order valence-electron chi connectivity index (χ3n) is 6.84. The lowest BCUT2D eigenvalue weighted by Crippen LogP contribution is -2.63. The SMILES string of the molecule is COc1ccc(C2CN(c3ccc(F)cc3)CC(NC(=O)CN3CCNCC3)N2c2ncccn2)cc1. The van der Waals surface area contributed by atoms with Gasteiger partial charge in [-0.1, -0.05) is 12.1 Å². The number of methoxy groups -OCH3 is 1. The second-order valence-electron chi connectivity index (χ2n) is 9.24. The van der Waals surface area contributed by atoms with E-state index >= 15 is 0 Å². The first-order valence-electron chi connectivity index (χ1n) is 12.5. The third-order valence-corrected chi connectivity index (χ3v) is 6.84. The molecule has 0 saturated carbocycles. The molecule has 194 valence electrons. The highest BCUT2D eigenvalue weighted by Gasteiger charge is 2.38. The molecule has 2 aliphatic rings. The number of hydrogen-bond donors (Lipinski definition) is 2. The van der Waals surface area contributed by atoms with Crippen molar-refractivity contribution in [2.75, 3.05) is 62.7 Å². The normalized spacial score (nSPS) is 20.5. The molecule has 0 aliphatic carbocycles. The lowest BCUT2D eigenvalue weighted by molar-refractivity contribution is -0.123. The smallest absolute Gasteiger partial charge is 0.235 e. The summed E-state index contributed by atoms with van der Waals surface area (Å²) >= 11 is 0. The number of anilines is 2. The number of piperazine rings is 2. The Morgan fingerprint density at radius 2 is 1.76 bits per heavy atom. The van der Waals surface area contributed by atoms with E-state index in [4.69, 9.17) is 4.74 Å². The summed E-state index contributed by atoms with van der Waals surface area (Å²) in [6, 6.07) is 16.0. The highest BCUT2D eigenvalue weighted by atomic mass is 19.1. The molecule has 3 aromatic rings. The summed E-state index contributed by atoms with van der Waals surface area (Å²) in [5.74, 6) is 0.961. The molecule has 37 heavy (non-hydrogen) atoms. The van der Waals surface area contributed by atoms with E-state index in [1.54, 1.807) is 37.7 Å². The first-order chi connectivity index (χ1) is 18.1. The molecule has 2 atom stereocenters. The molecule has 2 aromatic carbocycles. The number of rotatable bonds is 7. The number of benzene rings is 2. The van der Waals surface area contributed by atoms with Crippen LogP contribution in [-0.4, -0.2) is 79.9 Å². The van der Waals surface area contributed by atoms with E-state index in [1.165, 1.54) is 12.1 Å². The molecule has 2 saturated heterocycles. The summed E-state index contributed by atoms with van der Waals surface area (Å²) in [6.07, 6.45) is 3.00. The number of amides is 1. The Hall–Kier alpha value is -3.76. The summed E-state index contributed by atoms with van der Waals surface area (Å²) < 4.78 is 19.1. The number of nitrogens with one attached hydrogen (secondary N) is 2. The van der Waals surface area contributed by atoms with E-state index in [-0.39, 0.29) is 17.8 Å². The molecule has 0 radical (unpaired) electrons. The molecule has 2 aliphatic heterocycles. The number of halogens is 1. The van der Waals surface area contributed by atoms with Crippen molar-refractivity contribution in [1.29, 1.82) is 0 Å². The van der Waals surface area contributed by atoms with E-state index < -0.39 is 6.17 Å². The van der Waals surface area contributed by atoms with Gasteiger partial charge in [0.15, 0.2) is 0 Å². The summed E-state index contributed by atoms with van der Waals surface area (Å²) in [6.45, 7) is 4.83. The van der Waals surface area contributed by atoms with Crippen LogP contribution in [0.2, 0.25) is 0 Å². The van der Waals surface area contributed by atoms with Gasteiger partial charge in [0, 0.05) is 50.8 Å². The van der Waals surface area contributed by atoms with Crippen molar-refractivity contribution >= 4 is 17.5 Å². The van der Waals surface area contributed by atoms with E-state index in [0.29, 0.717) is 25.6 Å². The van der Waals surface area contributed by atoms with E-state index in [0.717, 1.165) is 43.2 Å². The maximum Gasteiger partial charge on any atom is 0.235 e. The van der Waals surface area contributed by atoms with Gasteiger partial charge >= 0.3 is 0 Å². The first-order valence-corrected chi connectivity index (χ1v) is 12.5. The monoisotopic (exact) mass is 505 g/mol. The molecule has 5 rings (SSSR count). The standard InChI is InChI=1S/C27H32FN7O2/c1-37-23-9-3-20(4-10-23)24-17-34(22-7-5-21(28)6-8-22)18-25(35(24)27-30-11-2-12-31-27)32-26(36)19-33-15-13-29-14-16-33/h2-12,24-25,29H,13-19H2,1H3,(H,32,36). The Bertz CT molecular complexity index is 1160. The number of nitrogens with zero attached hydrogens (tertiary/aromatic N) is 5. The fourth-order valence-electron chi connectivity index (χ4n) is 4.96. The first kappa shape index (κ1) is 24.9. The number of ether oxygens (including phenoxy) is 1. The van der Waals surface area contributed by atoms with Gasteiger partial charge in [0.25, 0.3) is 0 Å². The minimum atomic E-state index is -0.413. The van der Waals surface area contributed by atoms with Crippen LogP contribution < -0.4 is 25.2 Å². The van der Waals surface area contributed by atoms with Gasteiger partial charge in [-0.25, -0.2) is 14.4 Å². The van der Waals surface area contributed by atoms with Crippen molar-refractivity contribution in [3.8, 4) is 5.75 Å². The van der Waals surface area contributed by atoms with Crippen LogP contribution in [0.1, 0.15) is 11.6 Å². The van der Waals surface area contributed by atoms with Crippen molar-refractivity contribution in [2.24, 2.45) is 0 Å². The Morgan fingerprint density at radius 1 is 1.05 bits per heavy atom. The van der Waals surface area contributed by atoms with Crippen molar-refractivity contribution in [2.45, 2.75) is 12.2 Å². The average molecular weight is 506 g/mol. The van der Waals surface area contributed by atoms with Crippen LogP contribution in [-0.2, 0) is 4.79 Å². The number of aromatic nitrogens is 2. The van der Waals surface area contributed by atoms with Crippen LogP contribution >= 0.6 is 0 Å². The molecular formula is C27H32FN7O2. The zero-order chi connectivity index (χ0) is 25.6. The molecule has 2 unspecified atom stereocenters. The predicted octanol–water partition coefficient (Wildman–Crippen LogP) is 2.04. The van der Waals surface area contributed by atoms with Gasteiger partial charge < -0.3 is 25.2 Å². The molecule has 2 N–H and O–H groups in total. The third kappa shape index (κ3) is 5.98. The number of hydrogen-bond acceptors (Lipinski definition) is 8. The van der Waals surface area contributed by atoms with E-state index in [9.17, 15) is 9.18 Å². The number of carbonyl (C=O) groups is 1. The van der Waals surface area contributed by atoms with E-state index in [2.05, 4.69) is 35.3 Å². The van der Waals surface area contributed by atoms with Gasteiger partial charge in [-0.2, -0.15) is 0 Å². The minimum absolute atomic E-state index is 0.0535. The van der Waals surface area contributed by atoms with Crippen LogP contribution in [0.25, 0.3) is 0 Å². The van der Waals surface area contributed by atoms with Crippen LogP contribution in [0.15, 0.2) is 67.0 Å². The molecule has 10 heteroatoms. The van der Waals surface area contributed by atoms with Crippen molar-refractivity contribution in [3.05, 3.63) is 78.4 Å². The fraction of sp³-hybridized carbons (Fsp3) is 0.370. The second-order valence-corrected chi connectivity index (χ2v) is 9.24. The lowest BCUT2D eigenvalue weighted by atomic mass is 10.00. The van der Waals surface area contributed by atoms with Crippen LogP contribution in [0.3, 0.4) is 0 Å². The summed E-state index contributed by atoms with van der Waals surface area (Å²) in [5, 5.41) is 6.57. The second kappa shape index (κ2) is 11.5. The fourth-order valence-corrected chi connectivity index (χ4v) is 4.96. The molecule has 0 spiro atoms. The minimum Gasteiger partial charge on any atom is -0.497 e. The van der Waals surface area contributed by atoms with Gasteiger partial charge in [0.2, 0.25) is 11.9 Å². The van der Waals surface area contributed by atoms with Gasteiger partial charge in [0.05, 0.1) is 26.2 Å². The molecular weight excluding hydrogens is 473 g/mol. The predicted molar refractivity (Wildman–Crippen MR) is 140 cm³/mol. The largest absolute Gasteiger partial charge is 0.497 e. The molecule has 9 nitrogen and oxygen atoms in total. The Morgan fingerprint density at radius 3 is 2.43 bits per heavy atom. The molecule has 0 bridgehead atoms. The zero-order valence-electron chi connectivity index (χ0n) is 20.9. The van der Waals surface area contributed by atoms with Gasteiger partial charge in [-0.05, 0) is 48.0 Å². The Balaban J connectivity index is 1.48. The highest BCUT2D eigenvalue weighted by Crippen LogP contribution is 2.34. The highest BCUT2D eigenvalue weighted by molar-refractivity contribution is 5.79. The van der Waals surface area contributed by atoms with Gasteiger partial charge in [-0.15, -0.1) is 0 Å². The quantitative estimate of drug-likeness (QED) is 0.505. The zero-order valence-corrected chi connectivity index (χ0v) is 20.9. The molecule has 2 fully saturated rings. The molecule has 1 aromatic heterocycles. The van der Waals surface area contributed by atoms with Crippen molar-refractivity contribution in [3.63, 3.8) is 0 Å². The van der Waals surface area contributed by atoms with Crippen LogP contribution in [0.5, 0.6) is 5.75 Å². The van der Waals surface area contributed by atoms with Crippen molar-refractivity contribution in [1.82, 2.24) is 25.5 Å². The average Bonchev–Trinajstić information content (AvgIpc) is 2.94. The van der Waals surface area contributed by atoms with Crippen LogP contribution in [0, 0.1) is 5.82 Å². The Labute approximate surface area is 216 Å². The van der Waals surface area contributed by atoms with Gasteiger partial charge in [-0.3, -0.25) is 9.69 Å². The topological polar surface area (TPSA) is 85.9 Å². The van der Waals surface area contributed by atoms with Crippen molar-refractivity contribution < 1.29 is 13.9 Å². The van der Waals surface area contributed by atoms with Gasteiger partial charge in [0.1, 0.15) is 17.7 Å². The summed E-state index contributed by atoms with van der Waals surface area (Å²) in [7, 11) is 1.64. The Kier molecular flexibility index (Phi) is 7.76.